The molecule has 0 aromatic heterocycles. The summed E-state index contributed by atoms with van der Waals surface area (Å²) in [4.78, 5) is 0. The molecule has 0 amide bonds. The molecule has 1 aliphatic rings. The largest absolute Gasteiger partial charge is 0.0622 e. The van der Waals surface area contributed by atoms with Crippen LogP contribution in [-0.2, 0) is 15.1 Å². The monoisotopic (exact) mass is 712 g/mol. The number of nitrogens with one attached hydrogen (secondary N) is 1. The van der Waals surface area contributed by atoms with E-state index >= 15 is 0 Å². The number of piperidine rings is 1. The second-order valence-electron chi connectivity index (χ2n) is 9.79. The summed E-state index contributed by atoms with van der Waals surface area (Å²) in [6.45, 7) is 1.97. The van der Waals surface area contributed by atoms with E-state index in [0.29, 0.717) is 6.04 Å². The van der Waals surface area contributed by atoms with Crippen molar-refractivity contribution >= 4 is 56.4 Å². The zero-order valence-electron chi connectivity index (χ0n) is 23.6. The molecular weight excluding hydrogens is 670 g/mol. The van der Waals surface area contributed by atoms with Gasteiger partial charge in [0.1, 0.15) is 0 Å². The van der Waals surface area contributed by atoms with Gasteiger partial charge in [-0.25, -0.2) is 0 Å². The average Bonchev–Trinajstić information content (AvgIpc) is 3.05. The van der Waals surface area contributed by atoms with Crippen molar-refractivity contribution < 1.29 is 15.1 Å². The second-order valence-corrected chi connectivity index (χ2v) is 17.1. The molecule has 1 atom stereocenters. The Balaban J connectivity index is 0.000000354. The fourth-order valence-electron chi connectivity index (χ4n) is 4.91. The standard InChI is InChI=1S/C28H28P2.C6H14N2.2ClH.Ru/c1-5-15-25(16-6-1)29(26-17-7-2-8-18-26)23-13-14-24-30(27-19-9-3-10-20-27)28-21-11-4-12-22-28;7-5-6-3-1-2-4-8-6;;;/h1-12,15-22H,13-14,23-24H2;6,8H,1-5,7H2;2*1H;/q;;;;+2/p-2. The van der Waals surface area contributed by atoms with Gasteiger partial charge in [0.05, 0.1) is 0 Å². The Morgan fingerprint density at radius 2 is 0.951 bits per heavy atom. The van der Waals surface area contributed by atoms with Crippen LogP contribution in [0.25, 0.3) is 0 Å². The first-order valence-electron chi connectivity index (χ1n) is 14.3. The van der Waals surface area contributed by atoms with Crippen LogP contribution in [-0.4, -0.2) is 31.5 Å². The summed E-state index contributed by atoms with van der Waals surface area (Å²) >= 11 is -0.346. The van der Waals surface area contributed by atoms with Crippen LogP contribution in [0.15, 0.2) is 121 Å². The number of halogens is 2. The Morgan fingerprint density at radius 1 is 0.610 bits per heavy atom. The van der Waals surface area contributed by atoms with Gasteiger partial charge in [-0.15, -0.1) is 0 Å². The van der Waals surface area contributed by atoms with Crippen molar-refractivity contribution in [2.24, 2.45) is 5.73 Å². The van der Waals surface area contributed by atoms with Gasteiger partial charge in [0.2, 0.25) is 0 Å². The molecule has 0 radical (unpaired) electrons. The maximum Gasteiger partial charge on any atom is -0.0195 e. The van der Waals surface area contributed by atoms with Crippen molar-refractivity contribution in [2.75, 3.05) is 25.4 Å². The maximum absolute atomic E-state index is 5.44. The molecule has 220 valence electrons. The van der Waals surface area contributed by atoms with Crippen LogP contribution in [0.4, 0.5) is 0 Å². The second kappa shape index (κ2) is 21.5. The van der Waals surface area contributed by atoms with Crippen LogP contribution in [0.3, 0.4) is 0 Å². The van der Waals surface area contributed by atoms with Gasteiger partial charge in [0.15, 0.2) is 0 Å². The Hall–Kier alpha value is -1.14. The normalized spacial score (nSPS) is 14.6. The third-order valence-electron chi connectivity index (χ3n) is 6.98. The van der Waals surface area contributed by atoms with E-state index in [1.54, 1.807) is 0 Å². The van der Waals surface area contributed by atoms with Gasteiger partial charge in [0, 0.05) is 12.6 Å². The molecule has 1 unspecified atom stereocenters. The minimum absolute atomic E-state index is 0.283. The number of unbranched alkanes of at least 4 members (excludes halogenated alkanes) is 1. The first-order valence-corrected chi connectivity index (χ1v) is 21.8. The molecule has 1 heterocycles. The van der Waals surface area contributed by atoms with E-state index in [1.807, 2.05) is 0 Å². The smallest absolute Gasteiger partial charge is 0.0195 e. The quantitative estimate of drug-likeness (QED) is 0.102. The molecule has 0 aliphatic carbocycles. The molecule has 41 heavy (non-hydrogen) atoms. The van der Waals surface area contributed by atoms with Crippen LogP contribution >= 0.6 is 35.2 Å². The number of benzene rings is 4. The zero-order valence-corrected chi connectivity index (χ0v) is 28.6. The van der Waals surface area contributed by atoms with Gasteiger partial charge >= 0.3 is 34.5 Å². The predicted molar refractivity (Wildman–Crippen MR) is 184 cm³/mol. The minimum Gasteiger partial charge on any atom is -0.0622 e. The fraction of sp³-hybridized carbons (Fsp3) is 0.294. The molecule has 0 saturated carbocycles. The molecule has 3 N–H and O–H groups in total. The molecule has 0 spiro atoms. The van der Waals surface area contributed by atoms with Gasteiger partial charge in [-0.2, -0.15) is 0 Å². The van der Waals surface area contributed by atoms with E-state index in [-0.39, 0.29) is 31.0 Å². The van der Waals surface area contributed by atoms with E-state index in [2.05, 4.69) is 127 Å². The van der Waals surface area contributed by atoms with E-state index in [4.69, 9.17) is 25.1 Å². The number of hydrogen-bond donors (Lipinski definition) is 2. The minimum atomic E-state index is -0.346. The summed E-state index contributed by atoms with van der Waals surface area (Å²) in [6.07, 6.45) is 9.02. The third-order valence-corrected chi connectivity index (χ3v) is 12.2. The topological polar surface area (TPSA) is 38.0 Å². The van der Waals surface area contributed by atoms with Crippen LogP contribution in [0.5, 0.6) is 0 Å². The molecule has 1 fully saturated rings. The van der Waals surface area contributed by atoms with E-state index in [1.165, 1.54) is 72.2 Å². The molecule has 2 nitrogen and oxygen atoms in total. The molecule has 7 heteroatoms. The van der Waals surface area contributed by atoms with Crippen molar-refractivity contribution in [1.29, 1.82) is 0 Å². The first kappa shape index (κ1) is 34.4. The Bertz CT molecular complexity index is 1000. The summed E-state index contributed by atoms with van der Waals surface area (Å²) in [5.41, 5.74) is 5.44. The molecule has 4 aromatic rings. The van der Waals surface area contributed by atoms with Crippen molar-refractivity contribution in [3.05, 3.63) is 121 Å². The van der Waals surface area contributed by atoms with E-state index in [9.17, 15) is 0 Å². The molecule has 1 aliphatic heterocycles. The number of hydrogen-bond acceptors (Lipinski definition) is 2. The summed E-state index contributed by atoms with van der Waals surface area (Å²) < 4.78 is 0. The van der Waals surface area contributed by atoms with Crippen molar-refractivity contribution in [3.63, 3.8) is 0 Å². The average molecular weight is 713 g/mol. The Labute approximate surface area is 266 Å². The molecule has 1 saturated heterocycles. The van der Waals surface area contributed by atoms with Gasteiger partial charge < -0.3 is 11.1 Å². The number of nitrogens with two attached hydrogens (primary N) is 1. The summed E-state index contributed by atoms with van der Waals surface area (Å²) in [5, 5.41) is 9.31. The third kappa shape index (κ3) is 12.9. The predicted octanol–water partition coefficient (Wildman–Crippen LogP) is 7.50. The van der Waals surface area contributed by atoms with Crippen LogP contribution in [0.1, 0.15) is 32.1 Å². The van der Waals surface area contributed by atoms with Crippen LogP contribution < -0.4 is 32.3 Å². The molecule has 0 bridgehead atoms. The van der Waals surface area contributed by atoms with Crippen LogP contribution in [0, 0.1) is 0 Å². The van der Waals surface area contributed by atoms with Crippen LogP contribution in [0.2, 0.25) is 0 Å². The first-order chi connectivity index (χ1) is 20.3. The molecule has 5 rings (SSSR count). The van der Waals surface area contributed by atoms with Gasteiger partial charge in [0.25, 0.3) is 0 Å². The van der Waals surface area contributed by atoms with Crippen molar-refractivity contribution in [3.8, 4) is 0 Å². The zero-order chi connectivity index (χ0) is 29.0. The Morgan fingerprint density at radius 3 is 1.20 bits per heavy atom. The maximum atomic E-state index is 5.44. The van der Waals surface area contributed by atoms with E-state index in [0.717, 1.165) is 6.54 Å². The summed E-state index contributed by atoms with van der Waals surface area (Å²) in [7, 11) is 9.14. The fourth-order valence-corrected chi connectivity index (χ4v) is 9.75. The van der Waals surface area contributed by atoms with Gasteiger partial charge in [-0.1, -0.05) is 128 Å². The summed E-state index contributed by atoms with van der Waals surface area (Å²) in [6, 6.07) is 45.0. The van der Waals surface area contributed by atoms with Crippen molar-refractivity contribution in [2.45, 2.75) is 38.1 Å². The van der Waals surface area contributed by atoms with E-state index < -0.39 is 0 Å². The molecule has 4 aromatic carbocycles. The SMILES string of the molecule is NCC1CCCCN1.[Cl][Ru][Cl].c1ccc(P(CCCCP(c2ccccc2)c2ccccc2)c2ccccc2)cc1. The van der Waals surface area contributed by atoms with Gasteiger partial charge in [-0.3, -0.25) is 0 Å². The van der Waals surface area contributed by atoms with Gasteiger partial charge in [-0.05, 0) is 81.6 Å². The summed E-state index contributed by atoms with van der Waals surface area (Å²) in [5.74, 6) is 0. The van der Waals surface area contributed by atoms with Crippen molar-refractivity contribution in [1.82, 2.24) is 5.32 Å². The Kier molecular flexibility index (Phi) is 18.0. The molecular formula is C34H42Cl2N2P2Ru. The number of rotatable bonds is 10.